The first-order chi connectivity index (χ1) is 6.69. The average molecular weight is 254 g/mol. The summed E-state index contributed by atoms with van der Waals surface area (Å²) in [5, 5.41) is 0.579. The fourth-order valence-corrected chi connectivity index (χ4v) is 1.45. The molecule has 15 heavy (non-hydrogen) atoms. The number of hydrogen-bond acceptors (Lipinski definition) is 2. The fraction of sp³-hybridized carbons (Fsp3) is 0.400. The number of benzene rings is 1. The van der Waals surface area contributed by atoms with Gasteiger partial charge in [0.05, 0.1) is 13.8 Å². The molecule has 0 fully saturated rings. The summed E-state index contributed by atoms with van der Waals surface area (Å²) in [6, 6.07) is 4.79. The Morgan fingerprint density at radius 1 is 1.53 bits per heavy atom. The molecule has 0 aliphatic heterocycles. The van der Waals surface area contributed by atoms with Crippen LogP contribution in [-0.4, -0.2) is 13.8 Å². The van der Waals surface area contributed by atoms with Crippen molar-refractivity contribution in [2.45, 2.75) is 12.5 Å². The SMILES string of the molecule is COc1ccc(Cl)cc1[C@H](N)CCF.Cl. The molecular weight excluding hydrogens is 240 g/mol. The smallest absolute Gasteiger partial charge is 0.123 e. The highest BCUT2D eigenvalue weighted by atomic mass is 35.5. The monoisotopic (exact) mass is 253 g/mol. The predicted octanol–water partition coefficient (Wildman–Crippen LogP) is 3.13. The van der Waals surface area contributed by atoms with Crippen LogP contribution in [0.1, 0.15) is 18.0 Å². The lowest BCUT2D eigenvalue weighted by atomic mass is 10.0. The molecule has 0 saturated heterocycles. The minimum Gasteiger partial charge on any atom is -0.496 e. The molecule has 0 aliphatic rings. The first kappa shape index (κ1) is 14.5. The van der Waals surface area contributed by atoms with Gasteiger partial charge in [-0.05, 0) is 24.6 Å². The zero-order valence-electron chi connectivity index (χ0n) is 8.37. The predicted molar refractivity (Wildman–Crippen MR) is 62.8 cm³/mol. The summed E-state index contributed by atoms with van der Waals surface area (Å²) in [4.78, 5) is 0. The summed E-state index contributed by atoms with van der Waals surface area (Å²) >= 11 is 5.81. The second kappa shape index (κ2) is 6.88. The van der Waals surface area contributed by atoms with Gasteiger partial charge in [-0.15, -0.1) is 12.4 Å². The minimum atomic E-state index is -0.448. The van der Waals surface area contributed by atoms with Crippen molar-refractivity contribution in [2.75, 3.05) is 13.8 Å². The van der Waals surface area contributed by atoms with Crippen LogP contribution in [0.2, 0.25) is 5.02 Å². The van der Waals surface area contributed by atoms with E-state index in [0.717, 1.165) is 5.56 Å². The van der Waals surface area contributed by atoms with Crippen LogP contribution in [0.4, 0.5) is 4.39 Å². The van der Waals surface area contributed by atoms with Gasteiger partial charge < -0.3 is 10.5 Å². The molecule has 1 rings (SSSR count). The van der Waals surface area contributed by atoms with Gasteiger partial charge in [-0.1, -0.05) is 11.6 Å². The number of ether oxygens (including phenoxy) is 1. The molecule has 0 bridgehead atoms. The summed E-state index contributed by atoms with van der Waals surface area (Å²) in [7, 11) is 1.55. The number of halogens is 3. The van der Waals surface area contributed by atoms with Crippen LogP contribution in [0.5, 0.6) is 5.75 Å². The lowest BCUT2D eigenvalue weighted by Crippen LogP contribution is -2.12. The highest BCUT2D eigenvalue weighted by Crippen LogP contribution is 2.28. The van der Waals surface area contributed by atoms with Crippen LogP contribution in [0, 0.1) is 0 Å². The van der Waals surface area contributed by atoms with E-state index in [0.29, 0.717) is 10.8 Å². The maximum atomic E-state index is 12.1. The number of rotatable bonds is 4. The van der Waals surface area contributed by atoms with Crippen molar-refractivity contribution in [3.05, 3.63) is 28.8 Å². The maximum absolute atomic E-state index is 12.1. The van der Waals surface area contributed by atoms with E-state index in [-0.39, 0.29) is 24.9 Å². The number of methoxy groups -OCH3 is 1. The van der Waals surface area contributed by atoms with Crippen LogP contribution < -0.4 is 10.5 Å². The van der Waals surface area contributed by atoms with E-state index >= 15 is 0 Å². The molecule has 0 heterocycles. The van der Waals surface area contributed by atoms with E-state index in [1.165, 1.54) is 0 Å². The van der Waals surface area contributed by atoms with E-state index in [1.807, 2.05) is 0 Å². The van der Waals surface area contributed by atoms with E-state index in [2.05, 4.69) is 0 Å². The Morgan fingerprint density at radius 3 is 2.73 bits per heavy atom. The van der Waals surface area contributed by atoms with Crippen LogP contribution in [-0.2, 0) is 0 Å². The van der Waals surface area contributed by atoms with Crippen molar-refractivity contribution in [1.82, 2.24) is 0 Å². The molecule has 86 valence electrons. The quantitative estimate of drug-likeness (QED) is 0.895. The third kappa shape index (κ3) is 3.86. The number of nitrogens with two attached hydrogens (primary N) is 1. The highest BCUT2D eigenvalue weighted by molar-refractivity contribution is 6.30. The van der Waals surface area contributed by atoms with Crippen LogP contribution in [0.25, 0.3) is 0 Å². The normalized spacial score (nSPS) is 11.7. The molecule has 0 aliphatic carbocycles. The Bertz CT molecular complexity index is 309. The van der Waals surface area contributed by atoms with E-state index in [9.17, 15) is 4.39 Å². The minimum absolute atomic E-state index is 0. The van der Waals surface area contributed by atoms with Crippen LogP contribution in [0.15, 0.2) is 18.2 Å². The number of hydrogen-bond donors (Lipinski definition) is 1. The average Bonchev–Trinajstić information content (AvgIpc) is 2.18. The van der Waals surface area contributed by atoms with E-state index in [1.54, 1.807) is 25.3 Å². The molecule has 0 spiro atoms. The van der Waals surface area contributed by atoms with Gasteiger partial charge in [0.1, 0.15) is 5.75 Å². The molecule has 2 N–H and O–H groups in total. The molecule has 0 radical (unpaired) electrons. The van der Waals surface area contributed by atoms with Crippen molar-refractivity contribution >= 4 is 24.0 Å². The summed E-state index contributed by atoms with van der Waals surface area (Å²) in [6.45, 7) is -0.448. The summed E-state index contributed by atoms with van der Waals surface area (Å²) in [5.74, 6) is 0.648. The van der Waals surface area contributed by atoms with Gasteiger partial charge in [-0.2, -0.15) is 0 Å². The molecule has 0 aromatic heterocycles. The van der Waals surface area contributed by atoms with Crippen molar-refractivity contribution in [3.8, 4) is 5.75 Å². The van der Waals surface area contributed by atoms with E-state index in [4.69, 9.17) is 22.1 Å². The largest absolute Gasteiger partial charge is 0.496 e. The second-order valence-corrected chi connectivity index (χ2v) is 3.41. The Morgan fingerprint density at radius 2 is 2.20 bits per heavy atom. The summed E-state index contributed by atoms with van der Waals surface area (Å²) in [6.07, 6.45) is 0.275. The molecule has 1 atom stereocenters. The summed E-state index contributed by atoms with van der Waals surface area (Å²) in [5.41, 5.74) is 6.52. The Kier molecular flexibility index (Phi) is 6.65. The zero-order valence-corrected chi connectivity index (χ0v) is 9.95. The van der Waals surface area contributed by atoms with Gasteiger partial charge >= 0.3 is 0 Å². The highest BCUT2D eigenvalue weighted by Gasteiger charge is 2.11. The molecule has 0 amide bonds. The lowest BCUT2D eigenvalue weighted by Gasteiger charge is -2.14. The van der Waals surface area contributed by atoms with E-state index < -0.39 is 6.67 Å². The van der Waals surface area contributed by atoms with Crippen molar-refractivity contribution in [2.24, 2.45) is 5.73 Å². The molecular formula is C10H14Cl2FNO. The molecule has 5 heteroatoms. The van der Waals surface area contributed by atoms with Gasteiger partial charge in [0.15, 0.2) is 0 Å². The fourth-order valence-electron chi connectivity index (χ4n) is 1.27. The Hall–Kier alpha value is -0.510. The van der Waals surface area contributed by atoms with Gasteiger partial charge in [0.2, 0.25) is 0 Å². The molecule has 1 aromatic rings. The van der Waals surface area contributed by atoms with Gasteiger partial charge in [-0.3, -0.25) is 4.39 Å². The van der Waals surface area contributed by atoms with Gasteiger partial charge in [0, 0.05) is 16.6 Å². The van der Waals surface area contributed by atoms with Gasteiger partial charge in [-0.25, -0.2) is 0 Å². The first-order valence-electron chi connectivity index (χ1n) is 4.34. The third-order valence-corrected chi connectivity index (χ3v) is 2.25. The standard InChI is InChI=1S/C10H13ClFNO.ClH/c1-14-10-3-2-7(11)6-8(10)9(13)4-5-12;/h2-3,6,9H,4-5,13H2,1H3;1H/t9-;/m1./s1. The Balaban J connectivity index is 0.00000196. The van der Waals surface area contributed by atoms with Crippen LogP contribution in [0.3, 0.4) is 0 Å². The molecule has 1 aromatic carbocycles. The molecule has 0 saturated carbocycles. The maximum Gasteiger partial charge on any atom is 0.123 e. The number of alkyl halides is 1. The van der Waals surface area contributed by atoms with Crippen molar-refractivity contribution in [1.29, 1.82) is 0 Å². The van der Waals surface area contributed by atoms with Gasteiger partial charge in [0.25, 0.3) is 0 Å². The Labute approximate surface area is 100.0 Å². The second-order valence-electron chi connectivity index (χ2n) is 2.97. The topological polar surface area (TPSA) is 35.2 Å². The zero-order chi connectivity index (χ0) is 10.6. The third-order valence-electron chi connectivity index (χ3n) is 2.01. The first-order valence-corrected chi connectivity index (χ1v) is 4.71. The molecule has 0 unspecified atom stereocenters. The van der Waals surface area contributed by atoms with Crippen molar-refractivity contribution < 1.29 is 9.13 Å². The molecule has 2 nitrogen and oxygen atoms in total. The summed E-state index contributed by atoms with van der Waals surface area (Å²) < 4.78 is 17.2. The lowest BCUT2D eigenvalue weighted by molar-refractivity contribution is 0.395. The van der Waals surface area contributed by atoms with Crippen LogP contribution >= 0.6 is 24.0 Å². The van der Waals surface area contributed by atoms with Crippen molar-refractivity contribution in [3.63, 3.8) is 0 Å².